The Morgan fingerprint density at radius 1 is 1.11 bits per heavy atom. The number of hydrogen-bond donors (Lipinski definition) is 1. The molecule has 0 amide bonds. The highest BCUT2D eigenvalue weighted by atomic mass is 32.1. The van der Waals surface area contributed by atoms with E-state index in [0.717, 1.165) is 17.3 Å². The topological polar surface area (TPSA) is 18.5 Å². The largest absolute Gasteiger partial charge is 0.490 e. The van der Waals surface area contributed by atoms with E-state index >= 15 is 0 Å². The Balaban J connectivity index is 2.67. The highest BCUT2D eigenvalue weighted by Crippen LogP contribution is 2.31. The second kappa shape index (κ2) is 6.93. The minimum absolute atomic E-state index is 0.197. The minimum atomic E-state index is 0.197. The first-order chi connectivity index (χ1) is 8.49. The zero-order valence-electron chi connectivity index (χ0n) is 11.8. The van der Waals surface area contributed by atoms with Crippen molar-refractivity contribution in [2.24, 2.45) is 11.3 Å². The summed E-state index contributed by atoms with van der Waals surface area (Å²) >= 11 is 4.41. The van der Waals surface area contributed by atoms with Crippen LogP contribution >= 0.6 is 12.6 Å². The third-order valence-electron chi connectivity index (χ3n) is 3.03. The lowest BCUT2D eigenvalue weighted by atomic mass is 9.82. The fraction of sp³-hybridized carbons (Fsp3) is 0.600. The van der Waals surface area contributed by atoms with Crippen LogP contribution < -0.4 is 9.47 Å². The van der Waals surface area contributed by atoms with E-state index < -0.39 is 0 Å². The average molecular weight is 268 g/mol. The fourth-order valence-electron chi connectivity index (χ4n) is 1.61. The molecule has 0 saturated carbocycles. The highest BCUT2D eigenvalue weighted by Gasteiger charge is 2.24. The summed E-state index contributed by atoms with van der Waals surface area (Å²) < 4.78 is 11.4. The summed E-state index contributed by atoms with van der Waals surface area (Å²) in [6.45, 7) is 9.93. The van der Waals surface area contributed by atoms with Crippen molar-refractivity contribution < 1.29 is 9.47 Å². The molecule has 0 aliphatic heterocycles. The van der Waals surface area contributed by atoms with Gasteiger partial charge in [-0.1, -0.05) is 32.9 Å². The molecule has 3 heteroatoms. The summed E-state index contributed by atoms with van der Waals surface area (Å²) in [5.74, 6) is 2.86. The van der Waals surface area contributed by atoms with Crippen molar-refractivity contribution in [2.45, 2.75) is 27.7 Å². The molecule has 1 unspecified atom stereocenters. The Morgan fingerprint density at radius 3 is 2.11 bits per heavy atom. The van der Waals surface area contributed by atoms with Crippen LogP contribution in [0.15, 0.2) is 24.3 Å². The van der Waals surface area contributed by atoms with E-state index in [4.69, 9.17) is 9.47 Å². The van der Waals surface area contributed by atoms with Gasteiger partial charge in [0.2, 0.25) is 0 Å². The normalized spacial score (nSPS) is 13.2. The Bertz CT molecular complexity index is 358. The van der Waals surface area contributed by atoms with Gasteiger partial charge in [-0.25, -0.2) is 0 Å². The van der Waals surface area contributed by atoms with Gasteiger partial charge in [0.25, 0.3) is 0 Å². The van der Waals surface area contributed by atoms with Gasteiger partial charge < -0.3 is 9.47 Å². The van der Waals surface area contributed by atoms with Crippen molar-refractivity contribution in [1.29, 1.82) is 0 Å². The molecule has 0 N–H and O–H groups in total. The second-order valence-electron chi connectivity index (χ2n) is 5.44. The first-order valence-electron chi connectivity index (χ1n) is 6.44. The highest BCUT2D eigenvalue weighted by molar-refractivity contribution is 7.80. The number of hydrogen-bond acceptors (Lipinski definition) is 3. The number of thiol groups is 1. The Hall–Kier alpha value is -0.830. The monoisotopic (exact) mass is 268 g/mol. The van der Waals surface area contributed by atoms with Crippen LogP contribution in [0.2, 0.25) is 0 Å². The predicted molar refractivity (Wildman–Crippen MR) is 79.9 cm³/mol. The maximum Gasteiger partial charge on any atom is 0.161 e. The lowest BCUT2D eigenvalue weighted by Gasteiger charge is -2.29. The van der Waals surface area contributed by atoms with Gasteiger partial charge >= 0.3 is 0 Å². The van der Waals surface area contributed by atoms with Gasteiger partial charge in [-0.15, -0.1) is 0 Å². The van der Waals surface area contributed by atoms with Crippen LogP contribution in [-0.2, 0) is 0 Å². The van der Waals surface area contributed by atoms with E-state index in [0.29, 0.717) is 19.1 Å². The van der Waals surface area contributed by atoms with Crippen molar-refractivity contribution in [1.82, 2.24) is 0 Å². The molecule has 1 rings (SSSR count). The van der Waals surface area contributed by atoms with Crippen molar-refractivity contribution in [2.75, 3.05) is 19.0 Å². The molecular formula is C15H24O2S. The molecule has 0 spiro atoms. The van der Waals surface area contributed by atoms with E-state index in [-0.39, 0.29) is 5.41 Å². The third kappa shape index (κ3) is 4.45. The van der Waals surface area contributed by atoms with Crippen LogP contribution in [0.25, 0.3) is 0 Å². The van der Waals surface area contributed by atoms with Crippen LogP contribution in [0.5, 0.6) is 11.5 Å². The first-order valence-corrected chi connectivity index (χ1v) is 7.07. The smallest absolute Gasteiger partial charge is 0.161 e. The molecule has 0 heterocycles. The summed E-state index contributed by atoms with van der Waals surface area (Å²) in [5, 5.41) is 0. The first kappa shape index (κ1) is 15.2. The van der Waals surface area contributed by atoms with E-state index in [2.05, 4.69) is 33.4 Å². The molecule has 0 saturated heterocycles. The zero-order chi connectivity index (χ0) is 13.6. The number of ether oxygens (including phenoxy) is 2. The summed E-state index contributed by atoms with van der Waals surface area (Å²) in [6, 6.07) is 7.80. The fourth-order valence-corrected chi connectivity index (χ4v) is 2.26. The maximum absolute atomic E-state index is 5.90. The van der Waals surface area contributed by atoms with Gasteiger partial charge in [-0.3, -0.25) is 0 Å². The number of para-hydroxylation sites is 2. The SMILES string of the molecule is CCOc1ccccc1OCC(CS)C(C)(C)C. The summed E-state index contributed by atoms with van der Waals surface area (Å²) in [5.41, 5.74) is 0.197. The molecule has 0 radical (unpaired) electrons. The van der Waals surface area contributed by atoms with Crippen LogP contribution in [0, 0.1) is 11.3 Å². The molecule has 1 atom stereocenters. The lowest BCUT2D eigenvalue weighted by molar-refractivity contribution is 0.160. The summed E-state index contributed by atoms with van der Waals surface area (Å²) in [7, 11) is 0. The summed E-state index contributed by atoms with van der Waals surface area (Å²) in [4.78, 5) is 0. The Kier molecular flexibility index (Phi) is 5.86. The van der Waals surface area contributed by atoms with Gasteiger partial charge in [0, 0.05) is 5.92 Å². The standard InChI is InChI=1S/C15H24O2S/c1-5-16-13-8-6-7-9-14(13)17-10-12(11-18)15(2,3)4/h6-9,12,18H,5,10-11H2,1-4H3. The van der Waals surface area contributed by atoms with E-state index in [1.54, 1.807) is 0 Å². The number of benzene rings is 1. The van der Waals surface area contributed by atoms with Crippen LogP contribution in [0.4, 0.5) is 0 Å². The molecule has 0 aliphatic carbocycles. The molecule has 1 aromatic carbocycles. The van der Waals surface area contributed by atoms with Gasteiger partial charge in [0.15, 0.2) is 11.5 Å². The van der Waals surface area contributed by atoms with Crippen LogP contribution in [-0.4, -0.2) is 19.0 Å². The summed E-state index contributed by atoms with van der Waals surface area (Å²) in [6.07, 6.45) is 0. The molecule has 0 bridgehead atoms. The van der Waals surface area contributed by atoms with Crippen LogP contribution in [0.1, 0.15) is 27.7 Å². The quantitative estimate of drug-likeness (QED) is 0.784. The third-order valence-corrected chi connectivity index (χ3v) is 3.47. The van der Waals surface area contributed by atoms with Gasteiger partial charge in [0.05, 0.1) is 13.2 Å². The second-order valence-corrected chi connectivity index (χ2v) is 5.80. The number of rotatable bonds is 6. The molecule has 102 valence electrons. The van der Waals surface area contributed by atoms with Gasteiger partial charge in [-0.05, 0) is 30.2 Å². The molecule has 1 aromatic rings. The average Bonchev–Trinajstić information content (AvgIpc) is 2.30. The van der Waals surface area contributed by atoms with E-state index in [1.165, 1.54) is 0 Å². The van der Waals surface area contributed by atoms with E-state index in [1.807, 2.05) is 31.2 Å². The van der Waals surface area contributed by atoms with Gasteiger partial charge in [-0.2, -0.15) is 12.6 Å². The zero-order valence-corrected chi connectivity index (χ0v) is 12.7. The molecular weight excluding hydrogens is 244 g/mol. The minimum Gasteiger partial charge on any atom is -0.490 e. The van der Waals surface area contributed by atoms with Crippen molar-refractivity contribution >= 4 is 12.6 Å². The molecule has 0 fully saturated rings. The van der Waals surface area contributed by atoms with Crippen molar-refractivity contribution in [3.8, 4) is 11.5 Å². The molecule has 2 nitrogen and oxygen atoms in total. The van der Waals surface area contributed by atoms with Crippen molar-refractivity contribution in [3.63, 3.8) is 0 Å². The van der Waals surface area contributed by atoms with Gasteiger partial charge in [0.1, 0.15) is 0 Å². The van der Waals surface area contributed by atoms with Crippen molar-refractivity contribution in [3.05, 3.63) is 24.3 Å². The van der Waals surface area contributed by atoms with E-state index in [9.17, 15) is 0 Å². The molecule has 0 aromatic heterocycles. The molecule has 0 aliphatic rings. The Morgan fingerprint density at radius 2 is 1.67 bits per heavy atom. The lowest BCUT2D eigenvalue weighted by Crippen LogP contribution is -2.28. The predicted octanol–water partition coefficient (Wildman–Crippen LogP) is 4.06. The molecule has 18 heavy (non-hydrogen) atoms. The maximum atomic E-state index is 5.90. The Labute approximate surface area is 116 Å². The van der Waals surface area contributed by atoms with Crippen LogP contribution in [0.3, 0.4) is 0 Å².